The van der Waals surface area contributed by atoms with Crippen LogP contribution in [0.2, 0.25) is 0 Å². The highest BCUT2D eigenvalue weighted by molar-refractivity contribution is 5.99. The van der Waals surface area contributed by atoms with Crippen molar-refractivity contribution < 1.29 is 9.59 Å². The minimum absolute atomic E-state index is 0. The Morgan fingerprint density at radius 1 is 1.23 bits per heavy atom. The van der Waals surface area contributed by atoms with Crippen molar-refractivity contribution in [3.05, 3.63) is 29.3 Å². The lowest BCUT2D eigenvalue weighted by atomic mass is 10.0. The third-order valence-electron chi connectivity index (χ3n) is 4.12. The van der Waals surface area contributed by atoms with Gasteiger partial charge < -0.3 is 15.5 Å². The number of hydrogen-bond acceptors (Lipinski definition) is 3. The fraction of sp³-hybridized carbons (Fsp3) is 0.500. The SMILES string of the molecule is Cl.O=C1Cc2cc(CCCC(=O)N3CCNCC3)ccc2N1. The van der Waals surface area contributed by atoms with Crippen LogP contribution < -0.4 is 10.6 Å². The Bertz CT molecular complexity index is 556. The Labute approximate surface area is 136 Å². The minimum atomic E-state index is 0. The highest BCUT2D eigenvalue weighted by Gasteiger charge is 2.18. The third-order valence-corrected chi connectivity index (χ3v) is 4.12. The first-order valence-corrected chi connectivity index (χ1v) is 7.62. The predicted molar refractivity (Wildman–Crippen MR) is 88.4 cm³/mol. The molecule has 1 saturated heterocycles. The van der Waals surface area contributed by atoms with Gasteiger partial charge in [0.05, 0.1) is 6.42 Å². The molecular weight excluding hydrogens is 302 g/mol. The molecule has 22 heavy (non-hydrogen) atoms. The summed E-state index contributed by atoms with van der Waals surface area (Å²) >= 11 is 0. The molecule has 0 spiro atoms. The number of fused-ring (bicyclic) bond motifs is 1. The van der Waals surface area contributed by atoms with Gasteiger partial charge in [-0.25, -0.2) is 0 Å². The van der Waals surface area contributed by atoms with Crippen LogP contribution in [0.1, 0.15) is 24.0 Å². The summed E-state index contributed by atoms with van der Waals surface area (Å²) in [6.45, 7) is 3.45. The molecule has 0 aliphatic carbocycles. The Morgan fingerprint density at radius 2 is 2.00 bits per heavy atom. The lowest BCUT2D eigenvalue weighted by molar-refractivity contribution is -0.131. The molecule has 2 aliphatic heterocycles. The summed E-state index contributed by atoms with van der Waals surface area (Å²) in [6, 6.07) is 6.09. The molecule has 120 valence electrons. The monoisotopic (exact) mass is 323 g/mol. The van der Waals surface area contributed by atoms with Crippen LogP contribution in [0.5, 0.6) is 0 Å². The smallest absolute Gasteiger partial charge is 0.228 e. The van der Waals surface area contributed by atoms with Gasteiger partial charge in [-0.1, -0.05) is 12.1 Å². The number of benzene rings is 1. The van der Waals surface area contributed by atoms with Crippen molar-refractivity contribution in [3.63, 3.8) is 0 Å². The zero-order valence-electron chi connectivity index (χ0n) is 12.6. The second-order valence-corrected chi connectivity index (χ2v) is 5.70. The summed E-state index contributed by atoms with van der Waals surface area (Å²) in [4.78, 5) is 25.3. The number of halogens is 1. The number of nitrogens with one attached hydrogen (secondary N) is 2. The molecule has 2 N–H and O–H groups in total. The summed E-state index contributed by atoms with van der Waals surface area (Å²) in [6.07, 6.45) is 2.83. The second-order valence-electron chi connectivity index (χ2n) is 5.70. The molecule has 0 radical (unpaired) electrons. The maximum absolute atomic E-state index is 12.1. The van der Waals surface area contributed by atoms with Gasteiger partial charge in [0.15, 0.2) is 0 Å². The molecule has 5 nitrogen and oxygen atoms in total. The molecule has 2 aliphatic rings. The molecule has 0 bridgehead atoms. The molecule has 0 saturated carbocycles. The summed E-state index contributed by atoms with van der Waals surface area (Å²) in [7, 11) is 0. The fourth-order valence-electron chi connectivity index (χ4n) is 2.95. The molecule has 1 aromatic rings. The van der Waals surface area contributed by atoms with E-state index in [1.165, 1.54) is 5.56 Å². The highest BCUT2D eigenvalue weighted by atomic mass is 35.5. The van der Waals surface area contributed by atoms with Gasteiger partial charge in [0, 0.05) is 38.3 Å². The minimum Gasteiger partial charge on any atom is -0.340 e. The van der Waals surface area contributed by atoms with Crippen molar-refractivity contribution >= 4 is 29.9 Å². The van der Waals surface area contributed by atoms with E-state index in [-0.39, 0.29) is 24.2 Å². The number of piperazine rings is 1. The molecule has 0 atom stereocenters. The highest BCUT2D eigenvalue weighted by Crippen LogP contribution is 2.24. The van der Waals surface area contributed by atoms with Crippen LogP contribution in [-0.2, 0) is 22.4 Å². The van der Waals surface area contributed by atoms with E-state index in [4.69, 9.17) is 0 Å². The topological polar surface area (TPSA) is 61.4 Å². The first kappa shape index (κ1) is 16.8. The van der Waals surface area contributed by atoms with Crippen LogP contribution in [0.4, 0.5) is 5.69 Å². The molecule has 2 heterocycles. The Morgan fingerprint density at radius 3 is 2.77 bits per heavy atom. The number of aryl methyl sites for hydroxylation is 1. The number of anilines is 1. The first-order valence-electron chi connectivity index (χ1n) is 7.62. The summed E-state index contributed by atoms with van der Waals surface area (Å²) in [5.74, 6) is 0.325. The number of carbonyl (C=O) groups excluding carboxylic acids is 2. The van der Waals surface area contributed by atoms with Gasteiger partial charge in [-0.3, -0.25) is 9.59 Å². The van der Waals surface area contributed by atoms with Crippen LogP contribution in [0, 0.1) is 0 Å². The summed E-state index contributed by atoms with van der Waals surface area (Å²) in [5.41, 5.74) is 3.21. The number of hydrogen-bond donors (Lipinski definition) is 2. The van der Waals surface area contributed by atoms with Gasteiger partial charge in [-0.05, 0) is 30.0 Å². The van der Waals surface area contributed by atoms with Crippen molar-refractivity contribution in [3.8, 4) is 0 Å². The van der Waals surface area contributed by atoms with Crippen molar-refractivity contribution in [1.82, 2.24) is 10.2 Å². The van der Waals surface area contributed by atoms with Crippen molar-refractivity contribution in [2.75, 3.05) is 31.5 Å². The van der Waals surface area contributed by atoms with Gasteiger partial charge in [0.25, 0.3) is 0 Å². The maximum Gasteiger partial charge on any atom is 0.228 e. The standard InChI is InChI=1S/C16H21N3O2.ClH/c20-15-11-13-10-12(4-5-14(13)18-15)2-1-3-16(21)19-8-6-17-7-9-19;/h4-5,10,17H,1-3,6-9,11H2,(H,18,20);1H. The van der Waals surface area contributed by atoms with E-state index in [9.17, 15) is 9.59 Å². The Hall–Kier alpha value is -1.59. The molecular formula is C16H22ClN3O2. The lowest BCUT2D eigenvalue weighted by Crippen LogP contribution is -2.46. The van der Waals surface area contributed by atoms with E-state index in [0.717, 1.165) is 50.3 Å². The maximum atomic E-state index is 12.1. The van der Waals surface area contributed by atoms with Gasteiger partial charge >= 0.3 is 0 Å². The Kier molecular flexibility index (Phi) is 5.80. The Balaban J connectivity index is 0.00000176. The van der Waals surface area contributed by atoms with Crippen LogP contribution in [0.15, 0.2) is 18.2 Å². The fourth-order valence-corrected chi connectivity index (χ4v) is 2.95. The molecule has 3 rings (SSSR count). The van der Waals surface area contributed by atoms with Crippen LogP contribution >= 0.6 is 12.4 Å². The van der Waals surface area contributed by atoms with Crippen molar-refractivity contribution in [2.45, 2.75) is 25.7 Å². The quantitative estimate of drug-likeness (QED) is 0.879. The number of carbonyl (C=O) groups is 2. The first-order chi connectivity index (χ1) is 10.2. The van der Waals surface area contributed by atoms with E-state index >= 15 is 0 Å². The molecule has 1 fully saturated rings. The average molecular weight is 324 g/mol. The van der Waals surface area contributed by atoms with Crippen LogP contribution in [0.25, 0.3) is 0 Å². The van der Waals surface area contributed by atoms with Crippen molar-refractivity contribution in [2.24, 2.45) is 0 Å². The number of rotatable bonds is 4. The zero-order chi connectivity index (χ0) is 14.7. The molecule has 2 amide bonds. The average Bonchev–Trinajstić information content (AvgIpc) is 2.87. The molecule has 0 aromatic heterocycles. The largest absolute Gasteiger partial charge is 0.340 e. The van der Waals surface area contributed by atoms with E-state index in [0.29, 0.717) is 12.8 Å². The van der Waals surface area contributed by atoms with Gasteiger partial charge in [0.2, 0.25) is 11.8 Å². The van der Waals surface area contributed by atoms with E-state index in [1.54, 1.807) is 0 Å². The molecule has 6 heteroatoms. The summed E-state index contributed by atoms with van der Waals surface area (Å²) in [5, 5.41) is 6.09. The normalized spacial score (nSPS) is 16.7. The van der Waals surface area contributed by atoms with Gasteiger partial charge in [-0.2, -0.15) is 0 Å². The third kappa shape index (κ3) is 3.99. The van der Waals surface area contributed by atoms with E-state index < -0.39 is 0 Å². The zero-order valence-corrected chi connectivity index (χ0v) is 13.4. The van der Waals surface area contributed by atoms with Gasteiger partial charge in [-0.15, -0.1) is 12.4 Å². The van der Waals surface area contributed by atoms with E-state index in [1.807, 2.05) is 17.0 Å². The van der Waals surface area contributed by atoms with E-state index in [2.05, 4.69) is 16.7 Å². The van der Waals surface area contributed by atoms with Crippen LogP contribution in [0.3, 0.4) is 0 Å². The number of nitrogens with zero attached hydrogens (tertiary/aromatic N) is 1. The molecule has 1 aromatic carbocycles. The summed E-state index contributed by atoms with van der Waals surface area (Å²) < 4.78 is 0. The van der Waals surface area contributed by atoms with Crippen LogP contribution in [-0.4, -0.2) is 42.9 Å². The molecule has 0 unspecified atom stereocenters. The van der Waals surface area contributed by atoms with Crippen molar-refractivity contribution in [1.29, 1.82) is 0 Å². The second kappa shape index (κ2) is 7.61. The number of amides is 2. The lowest BCUT2D eigenvalue weighted by Gasteiger charge is -2.27. The van der Waals surface area contributed by atoms with Gasteiger partial charge in [0.1, 0.15) is 0 Å². The predicted octanol–water partition coefficient (Wildman–Crippen LogP) is 1.36.